The average Bonchev–Trinajstić information content (AvgIpc) is 2.26. The van der Waals surface area contributed by atoms with Gasteiger partial charge in [0.1, 0.15) is 0 Å². The second-order valence-electron chi connectivity index (χ2n) is 4.03. The van der Waals surface area contributed by atoms with Crippen LogP contribution in [0.5, 0.6) is 5.88 Å². The second-order valence-corrected chi connectivity index (χ2v) is 4.03. The van der Waals surface area contributed by atoms with Gasteiger partial charge in [-0.25, -0.2) is 4.98 Å². The van der Waals surface area contributed by atoms with E-state index in [0.717, 1.165) is 18.5 Å². The van der Waals surface area contributed by atoms with Crippen molar-refractivity contribution in [3.05, 3.63) is 11.8 Å². The maximum absolute atomic E-state index is 5.92. The fourth-order valence-electron chi connectivity index (χ4n) is 1.54. The van der Waals surface area contributed by atoms with E-state index in [-0.39, 0.29) is 6.04 Å². The summed E-state index contributed by atoms with van der Waals surface area (Å²) in [5.41, 5.74) is 6.80. The Morgan fingerprint density at radius 1 is 1.41 bits per heavy atom. The molecular weight excluding hydrogens is 216 g/mol. The van der Waals surface area contributed by atoms with Gasteiger partial charge in [0.15, 0.2) is 0 Å². The number of anilines is 1. The minimum Gasteiger partial charge on any atom is -0.478 e. The molecule has 0 fully saturated rings. The molecule has 1 heterocycles. The summed E-state index contributed by atoms with van der Waals surface area (Å²) in [6.07, 6.45) is 2.08. The smallest absolute Gasteiger partial charge is 0.226 e. The highest BCUT2D eigenvalue weighted by Gasteiger charge is 2.05. The standard InChI is InChI=1S/C12H22N4O/c1-4-6-10(13)8-14-12-15-9(3)7-11(16-12)17-5-2/h7,10H,4-6,8,13H2,1-3H3,(H,14,15,16). The van der Waals surface area contributed by atoms with E-state index in [4.69, 9.17) is 10.5 Å². The molecule has 0 saturated carbocycles. The lowest BCUT2D eigenvalue weighted by Crippen LogP contribution is -2.29. The first-order valence-electron chi connectivity index (χ1n) is 6.13. The molecule has 1 unspecified atom stereocenters. The largest absolute Gasteiger partial charge is 0.478 e. The highest BCUT2D eigenvalue weighted by atomic mass is 16.5. The van der Waals surface area contributed by atoms with Crippen molar-refractivity contribution < 1.29 is 4.74 Å². The van der Waals surface area contributed by atoms with Crippen molar-refractivity contribution in [1.82, 2.24) is 9.97 Å². The predicted octanol–water partition coefficient (Wildman–Crippen LogP) is 1.72. The number of hydrogen-bond donors (Lipinski definition) is 2. The molecule has 0 spiro atoms. The van der Waals surface area contributed by atoms with Gasteiger partial charge in [-0.2, -0.15) is 4.98 Å². The Labute approximate surface area is 103 Å². The van der Waals surface area contributed by atoms with Crippen molar-refractivity contribution in [3.63, 3.8) is 0 Å². The minimum absolute atomic E-state index is 0.139. The maximum Gasteiger partial charge on any atom is 0.226 e. The Morgan fingerprint density at radius 2 is 2.18 bits per heavy atom. The fraction of sp³-hybridized carbons (Fsp3) is 0.667. The summed E-state index contributed by atoms with van der Waals surface area (Å²) in [5.74, 6) is 1.19. The van der Waals surface area contributed by atoms with E-state index in [1.54, 1.807) is 0 Å². The first-order valence-corrected chi connectivity index (χ1v) is 6.13. The van der Waals surface area contributed by atoms with Crippen molar-refractivity contribution in [2.45, 2.75) is 39.7 Å². The van der Waals surface area contributed by atoms with Crippen LogP contribution in [0, 0.1) is 6.92 Å². The van der Waals surface area contributed by atoms with Crippen LogP contribution in [0.3, 0.4) is 0 Å². The van der Waals surface area contributed by atoms with Gasteiger partial charge in [-0.1, -0.05) is 13.3 Å². The molecule has 5 heteroatoms. The number of nitrogens with one attached hydrogen (secondary N) is 1. The van der Waals surface area contributed by atoms with Crippen molar-refractivity contribution in [3.8, 4) is 5.88 Å². The molecule has 1 atom stereocenters. The molecule has 0 aliphatic heterocycles. The lowest BCUT2D eigenvalue weighted by Gasteiger charge is -2.12. The van der Waals surface area contributed by atoms with Crippen LogP contribution in [0.4, 0.5) is 5.95 Å². The van der Waals surface area contributed by atoms with Crippen molar-refractivity contribution in [1.29, 1.82) is 0 Å². The van der Waals surface area contributed by atoms with E-state index in [9.17, 15) is 0 Å². The summed E-state index contributed by atoms with van der Waals surface area (Å²) >= 11 is 0. The zero-order valence-corrected chi connectivity index (χ0v) is 10.9. The Bertz CT molecular complexity index is 343. The third kappa shape index (κ3) is 4.99. The molecular formula is C12H22N4O. The normalized spacial score (nSPS) is 12.2. The Morgan fingerprint density at radius 3 is 2.82 bits per heavy atom. The van der Waals surface area contributed by atoms with Crippen molar-refractivity contribution in [2.75, 3.05) is 18.5 Å². The monoisotopic (exact) mass is 238 g/mol. The third-order valence-electron chi connectivity index (χ3n) is 2.30. The van der Waals surface area contributed by atoms with E-state index in [1.807, 2.05) is 19.9 Å². The summed E-state index contributed by atoms with van der Waals surface area (Å²) in [6.45, 7) is 7.26. The summed E-state index contributed by atoms with van der Waals surface area (Å²) in [6, 6.07) is 1.96. The topological polar surface area (TPSA) is 73.1 Å². The van der Waals surface area contributed by atoms with Gasteiger partial charge in [0.05, 0.1) is 6.61 Å². The van der Waals surface area contributed by atoms with Gasteiger partial charge in [-0.3, -0.25) is 0 Å². The number of nitrogens with two attached hydrogens (primary N) is 1. The van der Waals surface area contributed by atoms with Crippen molar-refractivity contribution >= 4 is 5.95 Å². The van der Waals surface area contributed by atoms with E-state index < -0.39 is 0 Å². The molecule has 17 heavy (non-hydrogen) atoms. The Hall–Kier alpha value is -1.36. The predicted molar refractivity (Wildman–Crippen MR) is 69.3 cm³/mol. The molecule has 0 aromatic carbocycles. The van der Waals surface area contributed by atoms with Gasteiger partial charge in [0.2, 0.25) is 11.8 Å². The van der Waals surface area contributed by atoms with Crippen LogP contribution in [0.15, 0.2) is 6.07 Å². The van der Waals surface area contributed by atoms with Gasteiger partial charge in [-0.05, 0) is 20.3 Å². The van der Waals surface area contributed by atoms with Crippen LogP contribution in [0.2, 0.25) is 0 Å². The molecule has 1 aromatic heterocycles. The van der Waals surface area contributed by atoms with Crippen LogP contribution in [0.1, 0.15) is 32.4 Å². The molecule has 0 aliphatic rings. The first kappa shape index (κ1) is 13.7. The minimum atomic E-state index is 0.139. The van der Waals surface area contributed by atoms with Crippen LogP contribution >= 0.6 is 0 Å². The number of ether oxygens (including phenoxy) is 1. The molecule has 96 valence electrons. The molecule has 1 aromatic rings. The lowest BCUT2D eigenvalue weighted by atomic mass is 10.2. The molecule has 0 amide bonds. The molecule has 5 nitrogen and oxygen atoms in total. The van der Waals surface area contributed by atoms with Crippen LogP contribution in [0.25, 0.3) is 0 Å². The molecule has 0 bridgehead atoms. The van der Waals surface area contributed by atoms with Crippen LogP contribution < -0.4 is 15.8 Å². The Balaban J connectivity index is 2.57. The average molecular weight is 238 g/mol. The molecule has 1 rings (SSSR count). The summed E-state index contributed by atoms with van der Waals surface area (Å²) < 4.78 is 5.36. The number of aromatic nitrogens is 2. The molecule has 0 radical (unpaired) electrons. The Kier molecular flexibility index (Phi) is 5.69. The van der Waals surface area contributed by atoms with Gasteiger partial charge < -0.3 is 15.8 Å². The number of hydrogen-bond acceptors (Lipinski definition) is 5. The second kappa shape index (κ2) is 7.06. The first-order chi connectivity index (χ1) is 8.15. The summed E-state index contributed by atoms with van der Waals surface area (Å²) in [7, 11) is 0. The van der Waals surface area contributed by atoms with Gasteiger partial charge in [0, 0.05) is 24.3 Å². The molecule has 3 N–H and O–H groups in total. The summed E-state index contributed by atoms with van der Waals surface area (Å²) in [5, 5.41) is 3.14. The molecule has 0 saturated heterocycles. The van der Waals surface area contributed by atoms with Crippen LogP contribution in [-0.2, 0) is 0 Å². The van der Waals surface area contributed by atoms with E-state index in [1.165, 1.54) is 0 Å². The number of rotatable bonds is 7. The van der Waals surface area contributed by atoms with Crippen LogP contribution in [-0.4, -0.2) is 29.2 Å². The van der Waals surface area contributed by atoms with E-state index >= 15 is 0 Å². The maximum atomic E-state index is 5.92. The zero-order chi connectivity index (χ0) is 12.7. The fourth-order valence-corrected chi connectivity index (χ4v) is 1.54. The quantitative estimate of drug-likeness (QED) is 0.756. The third-order valence-corrected chi connectivity index (χ3v) is 2.30. The summed E-state index contributed by atoms with van der Waals surface area (Å²) in [4.78, 5) is 8.55. The SMILES string of the molecule is CCCC(N)CNc1nc(C)cc(OCC)n1. The molecule has 0 aliphatic carbocycles. The highest BCUT2D eigenvalue weighted by molar-refractivity contribution is 5.30. The van der Waals surface area contributed by atoms with Crippen molar-refractivity contribution in [2.24, 2.45) is 5.73 Å². The number of aryl methyl sites for hydroxylation is 1. The van der Waals surface area contributed by atoms with Gasteiger partial charge in [-0.15, -0.1) is 0 Å². The zero-order valence-electron chi connectivity index (χ0n) is 10.9. The number of nitrogens with zero attached hydrogens (tertiary/aromatic N) is 2. The highest BCUT2D eigenvalue weighted by Crippen LogP contribution is 2.11. The van der Waals surface area contributed by atoms with Gasteiger partial charge in [0.25, 0.3) is 0 Å². The van der Waals surface area contributed by atoms with Gasteiger partial charge >= 0.3 is 0 Å². The lowest BCUT2D eigenvalue weighted by molar-refractivity contribution is 0.326. The van der Waals surface area contributed by atoms with E-state index in [0.29, 0.717) is 25.0 Å². The van der Waals surface area contributed by atoms with E-state index in [2.05, 4.69) is 22.2 Å².